The standard InChI is InChI=1S/C44H82N4O4/c1-5-9-11-13-15-17-19-21-23-25-35-47(7-3)37-27-29-39-51-43(49)45-41-31-33-42(34-32-41)46-44(50)52-40-30-28-38-48(8-4)36-26-24-22-20-18-16-14-12-10-6-2/h31-34H,5-30,35-40H2,1-4H3,(H,45,49)(H,46,50). The molecule has 0 radical (unpaired) electrons. The number of rotatable bonds is 36. The fourth-order valence-corrected chi connectivity index (χ4v) is 6.65. The van der Waals surface area contributed by atoms with Crippen molar-refractivity contribution in [3.05, 3.63) is 24.3 Å². The molecule has 0 fully saturated rings. The predicted octanol–water partition coefficient (Wildman–Crippen LogP) is 12.8. The summed E-state index contributed by atoms with van der Waals surface area (Å²) in [5, 5.41) is 5.54. The minimum atomic E-state index is -0.456. The molecule has 2 amide bonds. The van der Waals surface area contributed by atoms with Gasteiger partial charge in [-0.3, -0.25) is 10.6 Å². The van der Waals surface area contributed by atoms with Crippen molar-refractivity contribution >= 4 is 23.6 Å². The van der Waals surface area contributed by atoms with Crippen LogP contribution in [0, 0.1) is 0 Å². The first-order chi connectivity index (χ1) is 25.5. The zero-order chi connectivity index (χ0) is 37.7. The average molecular weight is 731 g/mol. The van der Waals surface area contributed by atoms with E-state index >= 15 is 0 Å². The summed E-state index contributed by atoms with van der Waals surface area (Å²) in [5.74, 6) is 0. The van der Waals surface area contributed by atoms with E-state index in [4.69, 9.17) is 9.47 Å². The zero-order valence-corrected chi connectivity index (χ0v) is 34.5. The topological polar surface area (TPSA) is 83.1 Å². The van der Waals surface area contributed by atoms with Crippen molar-refractivity contribution in [2.24, 2.45) is 0 Å². The number of anilines is 2. The number of unbranched alkanes of at least 4 members (excludes halogenated alkanes) is 20. The van der Waals surface area contributed by atoms with Crippen LogP contribution in [0.5, 0.6) is 0 Å². The third-order valence-electron chi connectivity index (χ3n) is 10.1. The summed E-state index contributed by atoms with van der Waals surface area (Å²) in [6.45, 7) is 16.4. The van der Waals surface area contributed by atoms with Gasteiger partial charge < -0.3 is 19.3 Å². The Morgan fingerprint density at radius 3 is 0.981 bits per heavy atom. The van der Waals surface area contributed by atoms with Crippen LogP contribution in [0.1, 0.15) is 182 Å². The molecule has 302 valence electrons. The molecule has 0 heterocycles. The Morgan fingerprint density at radius 1 is 0.423 bits per heavy atom. The minimum absolute atomic E-state index is 0.406. The van der Waals surface area contributed by atoms with E-state index in [0.29, 0.717) is 24.6 Å². The van der Waals surface area contributed by atoms with Crippen molar-refractivity contribution in [2.45, 2.75) is 182 Å². The van der Waals surface area contributed by atoms with E-state index in [1.54, 1.807) is 24.3 Å². The third-order valence-corrected chi connectivity index (χ3v) is 10.1. The maximum absolute atomic E-state index is 12.3. The molecule has 0 aliphatic carbocycles. The van der Waals surface area contributed by atoms with Crippen molar-refractivity contribution in [3.63, 3.8) is 0 Å². The molecule has 0 unspecified atom stereocenters. The van der Waals surface area contributed by atoms with Gasteiger partial charge in [0.15, 0.2) is 0 Å². The van der Waals surface area contributed by atoms with Crippen LogP contribution in [0.4, 0.5) is 21.0 Å². The van der Waals surface area contributed by atoms with Crippen molar-refractivity contribution in [1.29, 1.82) is 0 Å². The molecule has 0 atom stereocenters. The molecule has 52 heavy (non-hydrogen) atoms. The predicted molar refractivity (Wildman–Crippen MR) is 223 cm³/mol. The number of benzene rings is 1. The highest BCUT2D eigenvalue weighted by Gasteiger charge is 2.08. The molecule has 0 aliphatic heterocycles. The smallest absolute Gasteiger partial charge is 0.411 e. The van der Waals surface area contributed by atoms with Gasteiger partial charge in [-0.1, -0.05) is 143 Å². The van der Waals surface area contributed by atoms with Crippen molar-refractivity contribution in [2.75, 3.05) is 63.1 Å². The fourth-order valence-electron chi connectivity index (χ4n) is 6.65. The fraction of sp³-hybridized carbons (Fsp3) is 0.818. The van der Waals surface area contributed by atoms with E-state index < -0.39 is 12.2 Å². The van der Waals surface area contributed by atoms with Gasteiger partial charge in [-0.2, -0.15) is 0 Å². The van der Waals surface area contributed by atoms with Gasteiger partial charge in [0, 0.05) is 11.4 Å². The van der Waals surface area contributed by atoms with E-state index in [1.807, 2.05) is 0 Å². The first kappa shape index (κ1) is 47.7. The highest BCUT2D eigenvalue weighted by Crippen LogP contribution is 2.15. The molecule has 1 rings (SSSR count). The monoisotopic (exact) mass is 731 g/mol. The Bertz CT molecular complexity index is 870. The average Bonchev–Trinajstić information content (AvgIpc) is 3.15. The highest BCUT2D eigenvalue weighted by molar-refractivity contribution is 5.87. The van der Waals surface area contributed by atoms with Crippen molar-refractivity contribution in [3.8, 4) is 0 Å². The lowest BCUT2D eigenvalue weighted by Gasteiger charge is -2.20. The van der Waals surface area contributed by atoms with Crippen molar-refractivity contribution in [1.82, 2.24) is 9.80 Å². The van der Waals surface area contributed by atoms with Crippen LogP contribution >= 0.6 is 0 Å². The number of ether oxygens (including phenoxy) is 2. The second kappa shape index (κ2) is 35.7. The molecule has 2 N–H and O–H groups in total. The van der Waals surface area contributed by atoms with Crippen LogP contribution in [-0.2, 0) is 9.47 Å². The number of hydrogen-bond donors (Lipinski definition) is 2. The lowest BCUT2D eigenvalue weighted by Crippen LogP contribution is -2.26. The first-order valence-electron chi connectivity index (χ1n) is 21.9. The van der Waals surface area contributed by atoms with Gasteiger partial charge >= 0.3 is 12.2 Å². The summed E-state index contributed by atoms with van der Waals surface area (Å²) in [6.07, 6.45) is 30.2. The van der Waals surface area contributed by atoms with Crippen LogP contribution in [0.3, 0.4) is 0 Å². The van der Waals surface area contributed by atoms with E-state index in [0.717, 1.165) is 65.0 Å². The summed E-state index contributed by atoms with van der Waals surface area (Å²) >= 11 is 0. The minimum Gasteiger partial charge on any atom is -0.449 e. The van der Waals surface area contributed by atoms with Crippen LogP contribution in [0.2, 0.25) is 0 Å². The number of nitrogens with one attached hydrogen (secondary N) is 2. The Labute approximate surface area is 320 Å². The van der Waals surface area contributed by atoms with Crippen LogP contribution in [-0.4, -0.2) is 74.5 Å². The second-order valence-corrected chi connectivity index (χ2v) is 14.7. The van der Waals surface area contributed by atoms with Gasteiger partial charge in [0.1, 0.15) is 0 Å². The Kier molecular flexibility index (Phi) is 32.7. The zero-order valence-electron chi connectivity index (χ0n) is 34.5. The Hall–Kier alpha value is -2.32. The molecule has 0 spiro atoms. The second-order valence-electron chi connectivity index (χ2n) is 14.7. The van der Waals surface area contributed by atoms with E-state index in [-0.39, 0.29) is 0 Å². The van der Waals surface area contributed by atoms with Crippen molar-refractivity contribution < 1.29 is 19.1 Å². The molecule has 0 saturated heterocycles. The highest BCUT2D eigenvalue weighted by atomic mass is 16.6. The molecule has 0 saturated carbocycles. The number of carbonyl (C=O) groups is 2. The number of hydrogen-bond acceptors (Lipinski definition) is 6. The number of amides is 2. The maximum Gasteiger partial charge on any atom is 0.411 e. The van der Waals surface area contributed by atoms with Gasteiger partial charge in [0.25, 0.3) is 0 Å². The van der Waals surface area contributed by atoms with Gasteiger partial charge in [-0.05, 0) is 102 Å². The number of nitrogens with zero attached hydrogens (tertiary/aromatic N) is 2. The van der Waals surface area contributed by atoms with Crippen LogP contribution < -0.4 is 10.6 Å². The summed E-state index contributed by atoms with van der Waals surface area (Å²) in [7, 11) is 0. The Morgan fingerprint density at radius 2 is 0.692 bits per heavy atom. The van der Waals surface area contributed by atoms with Gasteiger partial charge in [0.05, 0.1) is 13.2 Å². The molecular weight excluding hydrogens is 649 g/mol. The quantitative estimate of drug-likeness (QED) is 0.0669. The van der Waals surface area contributed by atoms with Gasteiger partial charge in [0.2, 0.25) is 0 Å². The van der Waals surface area contributed by atoms with Gasteiger partial charge in [-0.15, -0.1) is 0 Å². The summed E-state index contributed by atoms with van der Waals surface area (Å²) in [6, 6.07) is 6.99. The first-order valence-corrected chi connectivity index (χ1v) is 21.9. The molecule has 1 aromatic carbocycles. The molecule has 0 aliphatic rings. The van der Waals surface area contributed by atoms with Crippen LogP contribution in [0.15, 0.2) is 24.3 Å². The van der Waals surface area contributed by atoms with E-state index in [1.165, 1.54) is 128 Å². The molecular formula is C44H82N4O4. The van der Waals surface area contributed by atoms with E-state index in [9.17, 15) is 9.59 Å². The van der Waals surface area contributed by atoms with Crippen LogP contribution in [0.25, 0.3) is 0 Å². The molecule has 1 aromatic rings. The Balaban J connectivity index is 2.06. The molecule has 0 aromatic heterocycles. The normalized spacial score (nSPS) is 11.3. The molecule has 0 bridgehead atoms. The van der Waals surface area contributed by atoms with Gasteiger partial charge in [-0.25, -0.2) is 9.59 Å². The summed E-state index contributed by atoms with van der Waals surface area (Å²) < 4.78 is 10.8. The summed E-state index contributed by atoms with van der Waals surface area (Å²) in [5.41, 5.74) is 1.24. The van der Waals surface area contributed by atoms with E-state index in [2.05, 4.69) is 48.1 Å². The molecule has 8 nitrogen and oxygen atoms in total. The third kappa shape index (κ3) is 29.2. The maximum atomic E-state index is 12.3. The summed E-state index contributed by atoms with van der Waals surface area (Å²) in [4.78, 5) is 29.6. The number of carbonyl (C=O) groups excluding carboxylic acids is 2. The molecule has 8 heteroatoms. The lowest BCUT2D eigenvalue weighted by molar-refractivity contribution is 0.156. The lowest BCUT2D eigenvalue weighted by atomic mass is 10.1. The SMILES string of the molecule is CCCCCCCCCCCCN(CC)CCCCOC(=O)Nc1ccc(NC(=O)OCCCCN(CC)CCCCCCCCCCCC)cc1. The largest absolute Gasteiger partial charge is 0.449 e.